The van der Waals surface area contributed by atoms with Gasteiger partial charge in [-0.25, -0.2) is 9.97 Å². The summed E-state index contributed by atoms with van der Waals surface area (Å²) in [6.45, 7) is 3.45. The van der Waals surface area contributed by atoms with E-state index in [4.69, 9.17) is 30.5 Å². The summed E-state index contributed by atoms with van der Waals surface area (Å²) in [4.78, 5) is 46.6. The second-order valence-corrected chi connectivity index (χ2v) is 6.35. The summed E-state index contributed by atoms with van der Waals surface area (Å²) in [6, 6.07) is 0. The number of carbonyl (C=O) groups is 3. The molecule has 1 fully saturated rings. The van der Waals surface area contributed by atoms with E-state index in [1.54, 1.807) is 0 Å². The normalized spacial score (nSPS) is 24.1. The highest BCUT2D eigenvalue weighted by Crippen LogP contribution is 2.35. The monoisotopic (exact) mass is 412 g/mol. The standard InChI is InChI=1S/C16H17ClN4O7/c1-7(22)25-5-11-12(26-8(2)23)13(27-9(3)24)15(28-11)21-6-19-10-4-18-16(17)20-14(10)21/h4,6,11-13,15H,5H2,1-3H3/t11-,12-,13-,15-/m1/s1. The maximum atomic E-state index is 11.7. The number of fused-ring (bicyclic) bond motifs is 1. The van der Waals surface area contributed by atoms with Crippen molar-refractivity contribution in [2.75, 3.05) is 6.61 Å². The van der Waals surface area contributed by atoms with Crippen LogP contribution in [0.15, 0.2) is 12.5 Å². The van der Waals surface area contributed by atoms with Crippen molar-refractivity contribution in [3.8, 4) is 0 Å². The van der Waals surface area contributed by atoms with Crippen molar-refractivity contribution >= 4 is 40.7 Å². The molecule has 1 aliphatic heterocycles. The quantitative estimate of drug-likeness (QED) is 0.394. The molecule has 0 saturated carbocycles. The summed E-state index contributed by atoms with van der Waals surface area (Å²) < 4.78 is 23.1. The van der Waals surface area contributed by atoms with Crippen LogP contribution in [0.25, 0.3) is 11.2 Å². The fourth-order valence-electron chi connectivity index (χ4n) is 2.91. The van der Waals surface area contributed by atoms with Crippen LogP contribution in [-0.2, 0) is 33.3 Å². The number of aromatic nitrogens is 4. The van der Waals surface area contributed by atoms with E-state index in [1.165, 1.54) is 37.9 Å². The van der Waals surface area contributed by atoms with Gasteiger partial charge >= 0.3 is 17.9 Å². The van der Waals surface area contributed by atoms with Gasteiger partial charge < -0.3 is 18.9 Å². The minimum absolute atomic E-state index is 0.00992. The van der Waals surface area contributed by atoms with E-state index < -0.39 is 42.4 Å². The molecular weight excluding hydrogens is 396 g/mol. The fourth-order valence-corrected chi connectivity index (χ4v) is 3.04. The van der Waals surface area contributed by atoms with Crippen LogP contribution in [0.4, 0.5) is 0 Å². The molecule has 2 aromatic heterocycles. The van der Waals surface area contributed by atoms with Crippen molar-refractivity contribution in [2.45, 2.75) is 45.3 Å². The average Bonchev–Trinajstić information content (AvgIpc) is 3.14. The van der Waals surface area contributed by atoms with E-state index in [0.717, 1.165) is 0 Å². The molecule has 150 valence electrons. The van der Waals surface area contributed by atoms with Crippen molar-refractivity contribution in [1.29, 1.82) is 0 Å². The topological polar surface area (TPSA) is 132 Å². The summed E-state index contributed by atoms with van der Waals surface area (Å²) in [5.41, 5.74) is 0.763. The molecule has 4 atom stereocenters. The van der Waals surface area contributed by atoms with Crippen LogP contribution in [-0.4, -0.2) is 62.3 Å². The van der Waals surface area contributed by atoms with Crippen LogP contribution >= 0.6 is 11.6 Å². The van der Waals surface area contributed by atoms with Gasteiger partial charge in [-0.15, -0.1) is 0 Å². The largest absolute Gasteiger partial charge is 0.463 e. The van der Waals surface area contributed by atoms with E-state index in [9.17, 15) is 14.4 Å². The Hall–Kier alpha value is -2.79. The Balaban J connectivity index is 2.00. The number of hydrogen-bond acceptors (Lipinski definition) is 10. The van der Waals surface area contributed by atoms with E-state index in [0.29, 0.717) is 11.2 Å². The lowest BCUT2D eigenvalue weighted by Crippen LogP contribution is -2.40. The molecule has 28 heavy (non-hydrogen) atoms. The fraction of sp³-hybridized carbons (Fsp3) is 0.500. The molecule has 0 bridgehead atoms. The van der Waals surface area contributed by atoms with Crippen LogP contribution < -0.4 is 0 Å². The number of hydrogen-bond donors (Lipinski definition) is 0. The second-order valence-electron chi connectivity index (χ2n) is 6.02. The number of carbonyl (C=O) groups excluding carboxylic acids is 3. The summed E-state index contributed by atoms with van der Waals surface area (Å²) in [5.74, 6) is -1.76. The Morgan fingerprint density at radius 1 is 1.11 bits per heavy atom. The zero-order chi connectivity index (χ0) is 20.4. The highest BCUT2D eigenvalue weighted by molar-refractivity contribution is 6.28. The predicted molar refractivity (Wildman–Crippen MR) is 92.0 cm³/mol. The number of imidazole rings is 1. The SMILES string of the molecule is CC(=O)OC[C@H]1O[C@@H](n2cnc3cnc(Cl)nc32)[C@H](OC(C)=O)[C@@H]1OC(C)=O. The molecule has 2 aromatic rings. The van der Waals surface area contributed by atoms with Crippen molar-refractivity contribution in [2.24, 2.45) is 0 Å². The van der Waals surface area contributed by atoms with Gasteiger partial charge in [0, 0.05) is 20.8 Å². The maximum absolute atomic E-state index is 11.7. The van der Waals surface area contributed by atoms with Gasteiger partial charge in [-0.3, -0.25) is 19.0 Å². The first-order chi connectivity index (χ1) is 13.3. The third-order valence-electron chi connectivity index (χ3n) is 3.90. The molecule has 12 heteroatoms. The number of esters is 3. The minimum Gasteiger partial charge on any atom is -0.463 e. The van der Waals surface area contributed by atoms with Crippen LogP contribution in [0.1, 0.15) is 27.0 Å². The number of halogens is 1. The van der Waals surface area contributed by atoms with Gasteiger partial charge in [-0.05, 0) is 11.6 Å². The Morgan fingerprint density at radius 3 is 2.43 bits per heavy atom. The van der Waals surface area contributed by atoms with E-state index in [-0.39, 0.29) is 11.9 Å². The lowest BCUT2D eigenvalue weighted by Gasteiger charge is -2.23. The molecule has 0 amide bonds. The van der Waals surface area contributed by atoms with Crippen LogP contribution in [0, 0.1) is 0 Å². The Morgan fingerprint density at radius 2 is 1.79 bits per heavy atom. The highest BCUT2D eigenvalue weighted by atomic mass is 35.5. The van der Waals surface area contributed by atoms with Gasteiger partial charge in [-0.2, -0.15) is 4.98 Å². The molecule has 1 saturated heterocycles. The third-order valence-corrected chi connectivity index (χ3v) is 4.08. The zero-order valence-corrected chi connectivity index (χ0v) is 16.0. The smallest absolute Gasteiger partial charge is 0.303 e. The molecule has 0 N–H and O–H groups in total. The van der Waals surface area contributed by atoms with Crippen LogP contribution in [0.5, 0.6) is 0 Å². The average molecular weight is 413 g/mol. The van der Waals surface area contributed by atoms with Crippen molar-refractivity contribution in [3.05, 3.63) is 17.8 Å². The summed E-state index contributed by atoms with van der Waals surface area (Å²) in [7, 11) is 0. The first-order valence-corrected chi connectivity index (χ1v) is 8.62. The first-order valence-electron chi connectivity index (χ1n) is 8.24. The van der Waals surface area contributed by atoms with Crippen LogP contribution in [0.2, 0.25) is 5.28 Å². The third kappa shape index (κ3) is 4.20. The molecule has 11 nitrogen and oxygen atoms in total. The lowest BCUT2D eigenvalue weighted by atomic mass is 10.1. The Kier molecular flexibility index (Phi) is 5.75. The molecule has 0 aliphatic carbocycles. The summed E-state index contributed by atoms with van der Waals surface area (Å²) in [6.07, 6.45) is -1.04. The van der Waals surface area contributed by atoms with Gasteiger partial charge in [0.15, 0.2) is 24.1 Å². The number of nitrogens with zero attached hydrogens (tertiary/aromatic N) is 4. The van der Waals surface area contributed by atoms with Crippen molar-refractivity contribution in [3.63, 3.8) is 0 Å². The van der Waals surface area contributed by atoms with E-state index in [2.05, 4.69) is 15.0 Å². The summed E-state index contributed by atoms with van der Waals surface area (Å²) >= 11 is 5.87. The molecule has 0 radical (unpaired) electrons. The first kappa shape index (κ1) is 20.0. The van der Waals surface area contributed by atoms with Gasteiger partial charge in [0.1, 0.15) is 18.2 Å². The molecule has 3 rings (SSSR count). The lowest BCUT2D eigenvalue weighted by molar-refractivity contribution is -0.166. The van der Waals surface area contributed by atoms with Gasteiger partial charge in [0.25, 0.3) is 0 Å². The number of rotatable bonds is 5. The molecule has 0 spiro atoms. The molecule has 1 aliphatic rings. The highest BCUT2D eigenvalue weighted by Gasteiger charge is 2.51. The minimum atomic E-state index is -1.03. The summed E-state index contributed by atoms with van der Waals surface area (Å²) in [5, 5.41) is -0.00992. The van der Waals surface area contributed by atoms with Gasteiger partial charge in [-0.1, -0.05) is 0 Å². The predicted octanol–water partition coefficient (Wildman–Crippen LogP) is 0.804. The maximum Gasteiger partial charge on any atom is 0.303 e. The zero-order valence-electron chi connectivity index (χ0n) is 15.2. The molecule has 0 aromatic carbocycles. The molecule has 0 unspecified atom stereocenters. The van der Waals surface area contributed by atoms with Crippen molar-refractivity contribution in [1.82, 2.24) is 19.5 Å². The van der Waals surface area contributed by atoms with E-state index in [1.807, 2.05) is 0 Å². The van der Waals surface area contributed by atoms with Crippen LogP contribution in [0.3, 0.4) is 0 Å². The molecule has 3 heterocycles. The second kappa shape index (κ2) is 8.07. The van der Waals surface area contributed by atoms with E-state index >= 15 is 0 Å². The Bertz CT molecular complexity index is 918. The van der Waals surface area contributed by atoms with Gasteiger partial charge in [0.2, 0.25) is 5.28 Å². The number of ether oxygens (including phenoxy) is 4. The Labute approximate surface area is 163 Å². The van der Waals surface area contributed by atoms with Gasteiger partial charge in [0.05, 0.1) is 12.5 Å². The van der Waals surface area contributed by atoms with Crippen molar-refractivity contribution < 1.29 is 33.3 Å². The molecular formula is C16H17ClN4O7.